The molecular formula is C8H15NO2. The van der Waals surface area contributed by atoms with E-state index in [0.29, 0.717) is 12.0 Å². The standard InChI is InChI=1S/C8H15NO2/c1-6-5-9-7(2)8(6)10-3-4-11-8/h6-7,9H,3-5H2,1-2H3. The zero-order valence-electron chi connectivity index (χ0n) is 7.09. The Morgan fingerprint density at radius 3 is 2.36 bits per heavy atom. The molecule has 2 saturated heterocycles. The van der Waals surface area contributed by atoms with E-state index in [1.807, 2.05) is 0 Å². The molecule has 2 unspecified atom stereocenters. The smallest absolute Gasteiger partial charge is 0.187 e. The molecule has 0 radical (unpaired) electrons. The minimum atomic E-state index is -0.306. The van der Waals surface area contributed by atoms with Crippen LogP contribution in [0.5, 0.6) is 0 Å². The second kappa shape index (κ2) is 2.44. The van der Waals surface area contributed by atoms with Crippen molar-refractivity contribution in [2.45, 2.75) is 25.7 Å². The summed E-state index contributed by atoms with van der Waals surface area (Å²) >= 11 is 0. The molecule has 0 amide bonds. The first-order chi connectivity index (χ1) is 5.26. The molecule has 3 nitrogen and oxygen atoms in total. The molecule has 3 heteroatoms. The summed E-state index contributed by atoms with van der Waals surface area (Å²) < 4.78 is 11.3. The van der Waals surface area contributed by atoms with Crippen molar-refractivity contribution >= 4 is 0 Å². The molecule has 2 atom stereocenters. The third-order valence-corrected chi connectivity index (χ3v) is 2.76. The lowest BCUT2D eigenvalue weighted by Gasteiger charge is -2.29. The fourth-order valence-corrected chi connectivity index (χ4v) is 2.04. The lowest BCUT2D eigenvalue weighted by molar-refractivity contribution is -0.184. The molecule has 1 N–H and O–H groups in total. The van der Waals surface area contributed by atoms with Gasteiger partial charge in [-0.05, 0) is 6.92 Å². The van der Waals surface area contributed by atoms with Crippen molar-refractivity contribution in [3.05, 3.63) is 0 Å². The fourth-order valence-electron chi connectivity index (χ4n) is 2.04. The maximum atomic E-state index is 5.64. The van der Waals surface area contributed by atoms with E-state index in [1.165, 1.54) is 0 Å². The summed E-state index contributed by atoms with van der Waals surface area (Å²) in [5, 5.41) is 3.35. The monoisotopic (exact) mass is 157 g/mol. The Morgan fingerprint density at radius 1 is 1.27 bits per heavy atom. The normalized spacial score (nSPS) is 42.0. The summed E-state index contributed by atoms with van der Waals surface area (Å²) in [7, 11) is 0. The first-order valence-corrected chi connectivity index (χ1v) is 4.27. The van der Waals surface area contributed by atoms with Crippen LogP contribution in [-0.4, -0.2) is 31.6 Å². The molecule has 1 spiro atoms. The molecule has 0 bridgehead atoms. The Hall–Kier alpha value is -0.120. The van der Waals surface area contributed by atoms with Crippen molar-refractivity contribution in [2.24, 2.45) is 5.92 Å². The third kappa shape index (κ3) is 0.916. The first kappa shape index (κ1) is 7.53. The van der Waals surface area contributed by atoms with Crippen molar-refractivity contribution in [3.8, 4) is 0 Å². The predicted octanol–water partition coefficient (Wildman–Crippen LogP) is 0.357. The van der Waals surface area contributed by atoms with Gasteiger partial charge in [-0.2, -0.15) is 0 Å². The molecule has 2 heterocycles. The molecule has 0 saturated carbocycles. The maximum absolute atomic E-state index is 5.64. The molecule has 0 aromatic heterocycles. The highest BCUT2D eigenvalue weighted by molar-refractivity contribution is 4.96. The van der Waals surface area contributed by atoms with E-state index in [1.54, 1.807) is 0 Å². The Balaban J connectivity index is 2.19. The fraction of sp³-hybridized carbons (Fsp3) is 1.00. The van der Waals surface area contributed by atoms with Crippen LogP contribution in [0.15, 0.2) is 0 Å². The lowest BCUT2D eigenvalue weighted by atomic mass is 10.0. The van der Waals surface area contributed by atoms with Gasteiger partial charge in [0.25, 0.3) is 0 Å². The average molecular weight is 157 g/mol. The second-order valence-electron chi connectivity index (χ2n) is 3.45. The summed E-state index contributed by atoms with van der Waals surface area (Å²) in [6.45, 7) is 6.78. The number of hydrogen-bond acceptors (Lipinski definition) is 3. The Morgan fingerprint density at radius 2 is 1.91 bits per heavy atom. The van der Waals surface area contributed by atoms with Gasteiger partial charge in [0, 0.05) is 12.5 Å². The molecule has 0 aromatic rings. The summed E-state index contributed by atoms with van der Waals surface area (Å²) in [5.41, 5.74) is 0. The summed E-state index contributed by atoms with van der Waals surface area (Å²) in [4.78, 5) is 0. The van der Waals surface area contributed by atoms with Crippen molar-refractivity contribution in [3.63, 3.8) is 0 Å². The maximum Gasteiger partial charge on any atom is 0.187 e. The highest BCUT2D eigenvalue weighted by Crippen LogP contribution is 2.35. The van der Waals surface area contributed by atoms with Gasteiger partial charge in [-0.25, -0.2) is 0 Å². The van der Waals surface area contributed by atoms with Gasteiger partial charge >= 0.3 is 0 Å². The number of nitrogens with one attached hydrogen (secondary N) is 1. The van der Waals surface area contributed by atoms with Crippen LogP contribution in [-0.2, 0) is 9.47 Å². The van der Waals surface area contributed by atoms with Crippen LogP contribution in [0.1, 0.15) is 13.8 Å². The predicted molar refractivity (Wildman–Crippen MR) is 41.3 cm³/mol. The average Bonchev–Trinajstić information content (AvgIpc) is 2.56. The number of ether oxygens (including phenoxy) is 2. The Bertz CT molecular complexity index is 142. The van der Waals surface area contributed by atoms with Gasteiger partial charge < -0.3 is 14.8 Å². The quantitative estimate of drug-likeness (QED) is 0.550. The molecule has 2 fully saturated rings. The van der Waals surface area contributed by atoms with Crippen molar-refractivity contribution in [2.75, 3.05) is 19.8 Å². The molecule has 2 aliphatic rings. The van der Waals surface area contributed by atoms with Gasteiger partial charge in [-0.3, -0.25) is 0 Å². The highest BCUT2D eigenvalue weighted by atomic mass is 16.7. The third-order valence-electron chi connectivity index (χ3n) is 2.76. The Kier molecular flexibility index (Phi) is 1.67. The molecule has 11 heavy (non-hydrogen) atoms. The first-order valence-electron chi connectivity index (χ1n) is 4.27. The lowest BCUT2D eigenvalue weighted by Crippen LogP contribution is -2.44. The van der Waals surface area contributed by atoms with Crippen LogP contribution in [0.2, 0.25) is 0 Å². The molecule has 0 aromatic carbocycles. The zero-order chi connectivity index (χ0) is 7.90. The van der Waals surface area contributed by atoms with Crippen molar-refractivity contribution in [1.82, 2.24) is 5.32 Å². The molecular weight excluding hydrogens is 142 g/mol. The summed E-state index contributed by atoms with van der Waals surface area (Å²) in [6.07, 6.45) is 0. The van der Waals surface area contributed by atoms with E-state index in [-0.39, 0.29) is 5.79 Å². The zero-order valence-corrected chi connectivity index (χ0v) is 7.09. The van der Waals surface area contributed by atoms with Crippen LogP contribution in [0.3, 0.4) is 0 Å². The second-order valence-corrected chi connectivity index (χ2v) is 3.45. The van der Waals surface area contributed by atoms with Crippen LogP contribution in [0.4, 0.5) is 0 Å². The van der Waals surface area contributed by atoms with E-state index in [2.05, 4.69) is 19.2 Å². The molecule has 2 rings (SSSR count). The van der Waals surface area contributed by atoms with E-state index in [0.717, 1.165) is 19.8 Å². The van der Waals surface area contributed by atoms with Gasteiger partial charge in [-0.1, -0.05) is 6.92 Å². The van der Waals surface area contributed by atoms with Crippen molar-refractivity contribution < 1.29 is 9.47 Å². The highest BCUT2D eigenvalue weighted by Gasteiger charge is 2.50. The van der Waals surface area contributed by atoms with Crippen LogP contribution >= 0.6 is 0 Å². The number of rotatable bonds is 0. The minimum Gasteiger partial charge on any atom is -0.346 e. The molecule has 2 aliphatic heterocycles. The van der Waals surface area contributed by atoms with Gasteiger partial charge in [0.1, 0.15) is 0 Å². The van der Waals surface area contributed by atoms with Gasteiger partial charge in [0.05, 0.1) is 19.3 Å². The van der Waals surface area contributed by atoms with E-state index in [9.17, 15) is 0 Å². The van der Waals surface area contributed by atoms with Crippen LogP contribution in [0, 0.1) is 5.92 Å². The minimum absolute atomic E-state index is 0.306. The molecule has 0 aliphatic carbocycles. The topological polar surface area (TPSA) is 30.5 Å². The van der Waals surface area contributed by atoms with E-state index < -0.39 is 0 Å². The van der Waals surface area contributed by atoms with E-state index in [4.69, 9.17) is 9.47 Å². The largest absolute Gasteiger partial charge is 0.346 e. The number of hydrogen-bond donors (Lipinski definition) is 1. The Labute approximate surface area is 67.1 Å². The summed E-state index contributed by atoms with van der Waals surface area (Å²) in [5.74, 6) is 0.167. The van der Waals surface area contributed by atoms with Crippen molar-refractivity contribution in [1.29, 1.82) is 0 Å². The van der Waals surface area contributed by atoms with Gasteiger partial charge in [-0.15, -0.1) is 0 Å². The SMILES string of the molecule is CC1CNC(C)C12OCCO2. The molecule has 64 valence electrons. The van der Waals surface area contributed by atoms with Crippen LogP contribution < -0.4 is 5.32 Å². The van der Waals surface area contributed by atoms with Crippen LogP contribution in [0.25, 0.3) is 0 Å². The van der Waals surface area contributed by atoms with E-state index >= 15 is 0 Å². The summed E-state index contributed by atoms with van der Waals surface area (Å²) in [6, 6.07) is 0.333. The van der Waals surface area contributed by atoms with Gasteiger partial charge in [0.15, 0.2) is 5.79 Å². The van der Waals surface area contributed by atoms with Gasteiger partial charge in [0.2, 0.25) is 0 Å².